The molecular weight excluding hydrogens is 535 g/mol. The number of alkyl halides is 3. The number of ether oxygens (including phenoxy) is 1. The number of aryl methyl sites for hydroxylation is 1. The number of urea groups is 1. The first-order valence-electron chi connectivity index (χ1n) is 13.2. The lowest BCUT2D eigenvalue weighted by molar-refractivity contribution is -0.152. The van der Waals surface area contributed by atoms with Crippen molar-refractivity contribution in [2.45, 2.75) is 38.7 Å². The van der Waals surface area contributed by atoms with E-state index in [2.05, 4.69) is 15.7 Å². The number of hydrogen-bond donors (Lipinski definition) is 2. The van der Waals surface area contributed by atoms with E-state index in [1.807, 2.05) is 68.7 Å². The first kappa shape index (κ1) is 28.4. The summed E-state index contributed by atoms with van der Waals surface area (Å²) in [5, 5.41) is 14.9. The Labute approximate surface area is 235 Å². The second-order valence-electron chi connectivity index (χ2n) is 10.2. The van der Waals surface area contributed by atoms with Crippen LogP contribution in [-0.2, 0) is 18.4 Å². The Bertz CT molecular complexity index is 1530. The first-order chi connectivity index (χ1) is 19.5. The third-order valence-corrected chi connectivity index (χ3v) is 7.27. The van der Waals surface area contributed by atoms with Gasteiger partial charge in [0.05, 0.1) is 31.1 Å². The number of para-hydroxylation sites is 1. The lowest BCUT2D eigenvalue weighted by Gasteiger charge is -2.40. The molecule has 2 aromatic heterocycles. The molecule has 2 N–H and O–H groups in total. The van der Waals surface area contributed by atoms with Crippen molar-refractivity contribution >= 4 is 11.8 Å². The van der Waals surface area contributed by atoms with Crippen LogP contribution in [0.2, 0.25) is 0 Å². The Hall–Kier alpha value is -4.16. The second kappa shape index (κ2) is 11.4. The van der Waals surface area contributed by atoms with Gasteiger partial charge in [-0.2, -0.15) is 23.4 Å². The number of halogens is 3. The maximum absolute atomic E-state index is 13.5. The fraction of sp³-hybridized carbons (Fsp3) is 0.345. The molecular formula is C29H32F3N7O2. The fourth-order valence-corrected chi connectivity index (χ4v) is 5.32. The highest BCUT2D eigenvalue weighted by molar-refractivity contribution is 5.91. The van der Waals surface area contributed by atoms with E-state index in [4.69, 9.17) is 9.84 Å². The summed E-state index contributed by atoms with van der Waals surface area (Å²) < 4.78 is 48.9. The van der Waals surface area contributed by atoms with E-state index in [-0.39, 0.29) is 6.54 Å². The lowest BCUT2D eigenvalue weighted by atomic mass is 9.88. The van der Waals surface area contributed by atoms with Gasteiger partial charge in [-0.1, -0.05) is 36.4 Å². The van der Waals surface area contributed by atoms with Crippen molar-refractivity contribution in [1.29, 1.82) is 0 Å². The van der Waals surface area contributed by atoms with Gasteiger partial charge in [0.25, 0.3) is 0 Å². The molecule has 0 spiro atoms. The Kier molecular flexibility index (Phi) is 7.87. The molecule has 0 aliphatic carbocycles. The van der Waals surface area contributed by atoms with Gasteiger partial charge in [-0.05, 0) is 42.7 Å². The van der Waals surface area contributed by atoms with Gasteiger partial charge in [-0.15, -0.1) is 0 Å². The normalized spacial score (nSPS) is 17.3. The van der Waals surface area contributed by atoms with Crippen LogP contribution in [0.25, 0.3) is 16.9 Å². The number of fused-ring (bicyclic) bond motifs is 1. The van der Waals surface area contributed by atoms with Crippen molar-refractivity contribution in [3.63, 3.8) is 0 Å². The summed E-state index contributed by atoms with van der Waals surface area (Å²) in [6, 6.07) is 13.2. The maximum atomic E-state index is 13.5. The molecule has 5 rings (SSSR count). The summed E-state index contributed by atoms with van der Waals surface area (Å²) in [7, 11) is 3.39. The molecule has 2 atom stereocenters. The van der Waals surface area contributed by atoms with Gasteiger partial charge in [0, 0.05) is 44.1 Å². The minimum absolute atomic E-state index is 0.00457. The Morgan fingerprint density at radius 2 is 1.90 bits per heavy atom. The molecule has 12 heteroatoms. The number of methoxy groups -OCH3 is 1. The first-order valence-corrected chi connectivity index (χ1v) is 13.2. The van der Waals surface area contributed by atoms with E-state index in [9.17, 15) is 18.0 Å². The molecule has 0 saturated heterocycles. The van der Waals surface area contributed by atoms with Crippen molar-refractivity contribution in [3.8, 4) is 16.9 Å². The Balaban J connectivity index is 1.47. The zero-order valence-corrected chi connectivity index (χ0v) is 23.2. The average molecular weight is 568 g/mol. The van der Waals surface area contributed by atoms with Crippen LogP contribution < -0.4 is 10.6 Å². The molecule has 41 heavy (non-hydrogen) atoms. The smallest absolute Gasteiger partial charge is 0.380 e. The minimum Gasteiger partial charge on any atom is -0.380 e. The van der Waals surface area contributed by atoms with Gasteiger partial charge < -0.3 is 10.1 Å². The van der Waals surface area contributed by atoms with Gasteiger partial charge >= 0.3 is 12.2 Å². The summed E-state index contributed by atoms with van der Waals surface area (Å²) in [4.78, 5) is 14.9. The molecule has 2 aromatic carbocycles. The predicted molar refractivity (Wildman–Crippen MR) is 149 cm³/mol. The predicted octanol–water partition coefficient (Wildman–Crippen LogP) is 5.53. The third-order valence-electron chi connectivity index (χ3n) is 7.27. The van der Waals surface area contributed by atoms with E-state index < -0.39 is 30.8 Å². The molecule has 0 bridgehead atoms. The number of anilines is 1. The molecule has 0 saturated carbocycles. The lowest BCUT2D eigenvalue weighted by Crippen LogP contribution is -2.47. The van der Waals surface area contributed by atoms with E-state index in [0.29, 0.717) is 18.1 Å². The summed E-state index contributed by atoms with van der Waals surface area (Å²) >= 11 is 0. The van der Waals surface area contributed by atoms with E-state index in [1.165, 1.54) is 4.90 Å². The number of nitrogens with zero attached hydrogens (tertiary/aromatic N) is 5. The van der Waals surface area contributed by atoms with Gasteiger partial charge in [0.15, 0.2) is 0 Å². The molecule has 3 heterocycles. The highest BCUT2D eigenvalue weighted by Crippen LogP contribution is 2.37. The van der Waals surface area contributed by atoms with Crippen LogP contribution in [-0.4, -0.2) is 56.9 Å². The topological polar surface area (TPSA) is 89.2 Å². The summed E-state index contributed by atoms with van der Waals surface area (Å²) in [6.07, 6.45) is -0.848. The molecule has 0 radical (unpaired) electrons. The Morgan fingerprint density at radius 1 is 1.15 bits per heavy atom. The SMILES string of the molecule is COCc1ccc2c(c1)C(NC(=O)Nc1c(C)c(-c3cnn(C)c3)nn1-c1ccccc1)CN(CC(F)(F)F)C2C. The zero-order chi connectivity index (χ0) is 29.3. The minimum atomic E-state index is -4.38. The molecule has 2 unspecified atom stereocenters. The van der Waals surface area contributed by atoms with Crippen molar-refractivity contribution < 1.29 is 22.7 Å². The van der Waals surface area contributed by atoms with Crippen LogP contribution in [0.4, 0.5) is 23.8 Å². The number of hydrogen-bond acceptors (Lipinski definition) is 5. The van der Waals surface area contributed by atoms with Crippen LogP contribution in [0, 0.1) is 6.92 Å². The molecule has 2 amide bonds. The van der Waals surface area contributed by atoms with Crippen molar-refractivity contribution in [3.05, 3.63) is 83.2 Å². The monoisotopic (exact) mass is 567 g/mol. The van der Waals surface area contributed by atoms with Crippen LogP contribution in [0.1, 0.15) is 41.3 Å². The average Bonchev–Trinajstić information content (AvgIpc) is 3.49. The number of carbonyl (C=O) groups excluding carboxylic acids is 1. The summed E-state index contributed by atoms with van der Waals surface area (Å²) in [5.41, 5.74) is 5.25. The summed E-state index contributed by atoms with van der Waals surface area (Å²) in [6.45, 7) is 2.86. The van der Waals surface area contributed by atoms with E-state index >= 15 is 0 Å². The van der Waals surface area contributed by atoms with Crippen LogP contribution in [0.5, 0.6) is 0 Å². The second-order valence-corrected chi connectivity index (χ2v) is 10.2. The molecule has 1 aliphatic heterocycles. The molecule has 216 valence electrons. The molecule has 4 aromatic rings. The molecule has 1 aliphatic rings. The van der Waals surface area contributed by atoms with Crippen molar-refractivity contribution in [2.24, 2.45) is 7.05 Å². The van der Waals surface area contributed by atoms with Gasteiger partial charge in [-0.3, -0.25) is 14.9 Å². The standard InChI is InChI=1S/C29H32F3N7O2/c1-18-26(21-13-33-37(3)14-21)36-39(22-8-6-5-7-9-22)27(18)35-28(40)34-25-15-38(17-29(30,31)32)19(2)23-11-10-20(16-41-4)12-24(23)25/h5-14,19,25H,15-17H2,1-4H3,(H2,34,35,40). The fourth-order valence-electron chi connectivity index (χ4n) is 5.32. The van der Waals surface area contributed by atoms with Gasteiger partial charge in [0.2, 0.25) is 0 Å². The van der Waals surface area contributed by atoms with Crippen LogP contribution in [0.15, 0.2) is 60.9 Å². The Morgan fingerprint density at radius 3 is 2.56 bits per heavy atom. The van der Waals surface area contributed by atoms with Crippen LogP contribution in [0.3, 0.4) is 0 Å². The van der Waals surface area contributed by atoms with Crippen molar-refractivity contribution in [2.75, 3.05) is 25.5 Å². The zero-order valence-electron chi connectivity index (χ0n) is 23.2. The number of amides is 2. The van der Waals surface area contributed by atoms with Crippen LogP contribution >= 0.6 is 0 Å². The number of carbonyl (C=O) groups is 1. The largest absolute Gasteiger partial charge is 0.401 e. The number of benzene rings is 2. The third kappa shape index (κ3) is 6.13. The summed E-state index contributed by atoms with van der Waals surface area (Å²) in [5.74, 6) is 0.442. The quantitative estimate of drug-likeness (QED) is 0.307. The van der Waals surface area contributed by atoms with Gasteiger partial charge in [-0.25, -0.2) is 9.48 Å². The number of nitrogens with one attached hydrogen (secondary N) is 2. The maximum Gasteiger partial charge on any atom is 0.401 e. The van der Waals surface area contributed by atoms with E-state index in [0.717, 1.165) is 33.5 Å². The number of aromatic nitrogens is 4. The number of rotatable bonds is 7. The highest BCUT2D eigenvalue weighted by atomic mass is 19.4. The van der Waals surface area contributed by atoms with Crippen molar-refractivity contribution in [1.82, 2.24) is 29.8 Å². The molecule has 0 fully saturated rings. The molecule has 9 nitrogen and oxygen atoms in total. The van der Waals surface area contributed by atoms with Gasteiger partial charge in [0.1, 0.15) is 11.5 Å². The highest BCUT2D eigenvalue weighted by Gasteiger charge is 2.38. The van der Waals surface area contributed by atoms with E-state index in [1.54, 1.807) is 29.6 Å².